The van der Waals surface area contributed by atoms with E-state index in [1.54, 1.807) is 10.9 Å². The molecule has 0 spiro atoms. The summed E-state index contributed by atoms with van der Waals surface area (Å²) in [6.07, 6.45) is 1.74. The van der Waals surface area contributed by atoms with Crippen molar-refractivity contribution in [3.8, 4) is 11.6 Å². The Morgan fingerprint density at radius 2 is 2.06 bits per heavy atom. The number of aryl methyl sites for hydroxylation is 3. The number of pyridine rings is 1. The smallest absolute Gasteiger partial charge is 0.222 e. The average Bonchev–Trinajstić information content (AvgIpc) is 2.58. The van der Waals surface area contributed by atoms with Crippen LogP contribution in [0.5, 0.6) is 11.6 Å². The van der Waals surface area contributed by atoms with Crippen LogP contribution >= 0.6 is 0 Å². The molecule has 0 unspecified atom stereocenters. The highest BCUT2D eigenvalue weighted by Gasteiger charge is 2.13. The number of hydrogen-bond donors (Lipinski definition) is 1. The maximum absolute atomic E-state index is 5.86. The molecule has 2 rings (SSSR count). The molecule has 2 aromatic heterocycles. The van der Waals surface area contributed by atoms with Gasteiger partial charge >= 0.3 is 0 Å². The van der Waals surface area contributed by atoms with Gasteiger partial charge in [0.1, 0.15) is 5.69 Å². The van der Waals surface area contributed by atoms with Gasteiger partial charge in [-0.1, -0.05) is 0 Å². The van der Waals surface area contributed by atoms with Crippen LogP contribution in [-0.4, -0.2) is 14.8 Å². The Kier molecular flexibility index (Phi) is 3.34. The van der Waals surface area contributed by atoms with Crippen LogP contribution < -0.4 is 10.5 Å². The predicted molar refractivity (Wildman–Crippen MR) is 69.6 cm³/mol. The monoisotopic (exact) mass is 246 g/mol. The lowest BCUT2D eigenvalue weighted by Crippen LogP contribution is -2.00. The molecule has 0 radical (unpaired) electrons. The molecule has 2 N–H and O–H groups in total. The first-order valence-electron chi connectivity index (χ1n) is 5.86. The molecule has 0 aliphatic carbocycles. The van der Waals surface area contributed by atoms with E-state index in [1.165, 1.54) is 0 Å². The quantitative estimate of drug-likeness (QED) is 0.899. The van der Waals surface area contributed by atoms with Crippen molar-refractivity contribution in [1.29, 1.82) is 0 Å². The van der Waals surface area contributed by atoms with E-state index in [4.69, 9.17) is 10.5 Å². The Labute approximate surface area is 107 Å². The van der Waals surface area contributed by atoms with E-state index in [9.17, 15) is 0 Å². The third-order valence-corrected chi connectivity index (χ3v) is 2.96. The highest BCUT2D eigenvalue weighted by Crippen LogP contribution is 2.28. The van der Waals surface area contributed by atoms with E-state index in [-0.39, 0.29) is 0 Å². The van der Waals surface area contributed by atoms with E-state index in [0.717, 1.165) is 28.3 Å². The van der Waals surface area contributed by atoms with Crippen LogP contribution in [0.25, 0.3) is 0 Å². The zero-order valence-corrected chi connectivity index (χ0v) is 11.2. The first-order valence-corrected chi connectivity index (χ1v) is 5.86. The third-order valence-electron chi connectivity index (χ3n) is 2.96. The Bertz CT molecular complexity index is 575. The van der Waals surface area contributed by atoms with Gasteiger partial charge in [-0.15, -0.1) is 0 Å². The van der Waals surface area contributed by atoms with Crippen LogP contribution in [0.1, 0.15) is 22.5 Å². The number of hydrogen-bond acceptors (Lipinski definition) is 4. The topological polar surface area (TPSA) is 66.0 Å². The molecule has 0 aromatic carbocycles. The standard InChI is InChI=1S/C13H18N4O/c1-8-5-11(6-14)7-15-13(8)18-12-9(2)16-17(4)10(12)3/h5,7H,6,14H2,1-4H3. The first kappa shape index (κ1) is 12.6. The van der Waals surface area contributed by atoms with Crippen LogP contribution in [0.3, 0.4) is 0 Å². The van der Waals surface area contributed by atoms with Crippen LogP contribution in [0.4, 0.5) is 0 Å². The minimum Gasteiger partial charge on any atom is -0.435 e. The molecule has 2 aromatic rings. The number of rotatable bonds is 3. The minimum absolute atomic E-state index is 0.485. The van der Waals surface area contributed by atoms with Gasteiger partial charge in [0.15, 0.2) is 5.75 Å². The van der Waals surface area contributed by atoms with Gasteiger partial charge in [0.05, 0.1) is 5.69 Å². The van der Waals surface area contributed by atoms with Crippen molar-refractivity contribution in [3.05, 3.63) is 34.8 Å². The number of nitrogens with zero attached hydrogens (tertiary/aromatic N) is 3. The summed E-state index contributed by atoms with van der Waals surface area (Å²) in [6.45, 7) is 6.34. The molecule has 0 saturated heterocycles. The fraction of sp³-hybridized carbons (Fsp3) is 0.385. The Morgan fingerprint density at radius 3 is 2.56 bits per heavy atom. The zero-order valence-electron chi connectivity index (χ0n) is 11.2. The maximum Gasteiger partial charge on any atom is 0.222 e. The Balaban J connectivity index is 2.34. The molecular formula is C13H18N4O. The minimum atomic E-state index is 0.485. The molecule has 0 aliphatic rings. The van der Waals surface area contributed by atoms with Gasteiger partial charge in [-0.3, -0.25) is 4.68 Å². The van der Waals surface area contributed by atoms with Gasteiger partial charge in [0.25, 0.3) is 0 Å². The summed E-state index contributed by atoms with van der Waals surface area (Å²) in [5.41, 5.74) is 9.39. The van der Waals surface area contributed by atoms with Crippen LogP contribution in [0.2, 0.25) is 0 Å². The van der Waals surface area contributed by atoms with Crippen molar-refractivity contribution in [3.63, 3.8) is 0 Å². The van der Waals surface area contributed by atoms with Crippen LogP contribution in [0, 0.1) is 20.8 Å². The SMILES string of the molecule is Cc1cc(CN)cnc1Oc1c(C)nn(C)c1C. The second-order valence-electron chi connectivity index (χ2n) is 4.40. The van der Waals surface area contributed by atoms with E-state index in [1.807, 2.05) is 33.9 Å². The van der Waals surface area contributed by atoms with Crippen molar-refractivity contribution >= 4 is 0 Å². The van der Waals surface area contributed by atoms with E-state index in [0.29, 0.717) is 12.4 Å². The lowest BCUT2D eigenvalue weighted by atomic mass is 10.2. The second kappa shape index (κ2) is 4.78. The molecule has 0 atom stereocenters. The fourth-order valence-corrected chi connectivity index (χ4v) is 1.84. The van der Waals surface area contributed by atoms with Crippen molar-refractivity contribution in [2.24, 2.45) is 12.8 Å². The molecule has 2 heterocycles. The van der Waals surface area contributed by atoms with Crippen molar-refractivity contribution in [2.45, 2.75) is 27.3 Å². The first-order chi connectivity index (χ1) is 8.52. The van der Waals surface area contributed by atoms with Gasteiger partial charge in [0, 0.05) is 25.4 Å². The van der Waals surface area contributed by atoms with Crippen molar-refractivity contribution in [2.75, 3.05) is 0 Å². The summed E-state index contributed by atoms with van der Waals surface area (Å²) in [4.78, 5) is 4.30. The molecule has 0 saturated carbocycles. The average molecular weight is 246 g/mol. The van der Waals surface area contributed by atoms with Crippen LogP contribution in [-0.2, 0) is 13.6 Å². The fourth-order valence-electron chi connectivity index (χ4n) is 1.84. The summed E-state index contributed by atoms with van der Waals surface area (Å²) < 4.78 is 7.66. The Hall–Kier alpha value is -1.88. The van der Waals surface area contributed by atoms with Gasteiger partial charge in [-0.05, 0) is 32.4 Å². The van der Waals surface area contributed by atoms with E-state index in [2.05, 4.69) is 10.1 Å². The predicted octanol–water partition coefficient (Wildman–Crippen LogP) is 1.99. The lowest BCUT2D eigenvalue weighted by Gasteiger charge is -2.08. The normalized spacial score (nSPS) is 10.7. The van der Waals surface area contributed by atoms with Gasteiger partial charge in [-0.2, -0.15) is 5.10 Å². The van der Waals surface area contributed by atoms with Gasteiger partial charge in [0.2, 0.25) is 5.88 Å². The second-order valence-corrected chi connectivity index (χ2v) is 4.40. The highest BCUT2D eigenvalue weighted by molar-refractivity contribution is 5.38. The molecule has 0 bridgehead atoms. The zero-order chi connectivity index (χ0) is 13.3. The van der Waals surface area contributed by atoms with Gasteiger partial charge < -0.3 is 10.5 Å². The van der Waals surface area contributed by atoms with Crippen molar-refractivity contribution < 1.29 is 4.74 Å². The summed E-state index contributed by atoms with van der Waals surface area (Å²) in [6, 6.07) is 1.99. The van der Waals surface area contributed by atoms with Crippen molar-refractivity contribution in [1.82, 2.24) is 14.8 Å². The summed E-state index contributed by atoms with van der Waals surface area (Å²) in [7, 11) is 1.90. The summed E-state index contributed by atoms with van der Waals surface area (Å²) >= 11 is 0. The highest BCUT2D eigenvalue weighted by atomic mass is 16.5. The molecular weight excluding hydrogens is 228 g/mol. The lowest BCUT2D eigenvalue weighted by molar-refractivity contribution is 0.451. The molecule has 96 valence electrons. The molecule has 5 heteroatoms. The molecule has 0 amide bonds. The summed E-state index contributed by atoms with van der Waals surface area (Å²) in [5, 5.41) is 4.31. The number of nitrogens with two attached hydrogens (primary N) is 1. The summed E-state index contributed by atoms with van der Waals surface area (Å²) in [5.74, 6) is 1.37. The molecule has 0 fully saturated rings. The van der Waals surface area contributed by atoms with Crippen LogP contribution in [0.15, 0.2) is 12.3 Å². The molecule has 5 nitrogen and oxygen atoms in total. The third kappa shape index (κ3) is 2.22. The van der Waals surface area contributed by atoms with E-state index < -0.39 is 0 Å². The largest absolute Gasteiger partial charge is 0.435 e. The molecule has 18 heavy (non-hydrogen) atoms. The van der Waals surface area contributed by atoms with E-state index >= 15 is 0 Å². The van der Waals surface area contributed by atoms with Gasteiger partial charge in [-0.25, -0.2) is 4.98 Å². The maximum atomic E-state index is 5.86. The number of aromatic nitrogens is 3. The molecule has 0 aliphatic heterocycles. The Morgan fingerprint density at radius 1 is 1.33 bits per heavy atom. The number of ether oxygens (including phenoxy) is 1.